The second-order valence-electron chi connectivity index (χ2n) is 3.98. The van der Waals surface area contributed by atoms with Gasteiger partial charge in [0.1, 0.15) is 0 Å². The maximum absolute atomic E-state index is 11.3. The lowest BCUT2D eigenvalue weighted by Crippen LogP contribution is -2.05. The number of rotatable bonds is 4. The highest BCUT2D eigenvalue weighted by Crippen LogP contribution is 2.30. The normalized spacial score (nSPS) is 10.2. The van der Waals surface area contributed by atoms with Crippen molar-refractivity contribution in [3.8, 4) is 0 Å². The number of hydrogen-bond donors (Lipinski definition) is 1. The summed E-state index contributed by atoms with van der Waals surface area (Å²) in [5.41, 5.74) is 2.13. The number of carbonyl (C=O) groups is 1. The fourth-order valence-corrected chi connectivity index (χ4v) is 2.17. The van der Waals surface area contributed by atoms with E-state index in [1.54, 1.807) is 18.2 Å². The van der Waals surface area contributed by atoms with Crippen LogP contribution in [0, 0.1) is 0 Å². The highest BCUT2D eigenvalue weighted by atomic mass is 79.9. The predicted octanol–water partition coefficient (Wildman–Crippen LogP) is 3.90. The Morgan fingerprint density at radius 2 is 2.20 bits per heavy atom. The van der Waals surface area contributed by atoms with E-state index in [1.165, 1.54) is 13.3 Å². The van der Waals surface area contributed by atoms with Gasteiger partial charge in [0, 0.05) is 6.20 Å². The maximum atomic E-state index is 11.3. The minimum Gasteiger partial charge on any atom is -0.465 e. The van der Waals surface area contributed by atoms with E-state index in [2.05, 4.69) is 31.0 Å². The van der Waals surface area contributed by atoms with Crippen LogP contribution in [0.15, 0.2) is 41.0 Å². The van der Waals surface area contributed by atoms with E-state index in [9.17, 15) is 4.79 Å². The molecule has 0 atom stereocenters. The molecule has 0 aliphatic rings. The molecule has 1 heterocycles. The summed E-state index contributed by atoms with van der Waals surface area (Å²) in [6, 6.07) is 9.04. The highest BCUT2D eigenvalue weighted by Gasteiger charge is 2.06. The van der Waals surface area contributed by atoms with Crippen LogP contribution in [-0.2, 0) is 11.3 Å². The molecule has 4 nitrogen and oxygen atoms in total. The molecule has 0 unspecified atom stereocenters. The number of ether oxygens (including phenoxy) is 1. The third kappa shape index (κ3) is 3.49. The van der Waals surface area contributed by atoms with E-state index in [0.717, 1.165) is 15.9 Å². The zero-order valence-corrected chi connectivity index (χ0v) is 13.0. The molecule has 0 aliphatic heterocycles. The SMILES string of the molecule is COC(=O)c1ccc(CNc2cccc(Cl)c2Br)nc1. The molecule has 0 aliphatic carbocycles. The number of nitrogens with zero attached hydrogens (tertiary/aromatic N) is 1. The zero-order chi connectivity index (χ0) is 14.5. The Hall–Kier alpha value is -1.59. The van der Waals surface area contributed by atoms with Crippen LogP contribution in [-0.4, -0.2) is 18.1 Å². The van der Waals surface area contributed by atoms with Crippen LogP contribution >= 0.6 is 27.5 Å². The Balaban J connectivity index is 2.04. The Labute approximate surface area is 130 Å². The van der Waals surface area contributed by atoms with Gasteiger partial charge in [-0.1, -0.05) is 17.7 Å². The van der Waals surface area contributed by atoms with Gasteiger partial charge >= 0.3 is 5.97 Å². The number of esters is 1. The van der Waals surface area contributed by atoms with Gasteiger partial charge in [-0.05, 0) is 40.2 Å². The third-order valence-corrected chi connectivity index (χ3v) is 4.05. The van der Waals surface area contributed by atoms with E-state index >= 15 is 0 Å². The molecular formula is C14H12BrClN2O2. The van der Waals surface area contributed by atoms with Crippen molar-refractivity contribution >= 4 is 39.2 Å². The molecule has 104 valence electrons. The van der Waals surface area contributed by atoms with Crippen LogP contribution in [0.2, 0.25) is 5.02 Å². The van der Waals surface area contributed by atoms with E-state index in [0.29, 0.717) is 17.1 Å². The van der Waals surface area contributed by atoms with Gasteiger partial charge in [-0.2, -0.15) is 0 Å². The van der Waals surface area contributed by atoms with E-state index < -0.39 is 5.97 Å². The van der Waals surface area contributed by atoms with E-state index in [4.69, 9.17) is 11.6 Å². The minimum atomic E-state index is -0.394. The number of aromatic nitrogens is 1. The molecule has 0 bridgehead atoms. The van der Waals surface area contributed by atoms with Crippen molar-refractivity contribution in [1.29, 1.82) is 0 Å². The summed E-state index contributed by atoms with van der Waals surface area (Å²) in [4.78, 5) is 15.5. The van der Waals surface area contributed by atoms with Crippen LogP contribution in [0.5, 0.6) is 0 Å². The second kappa shape index (κ2) is 6.72. The number of pyridine rings is 1. The van der Waals surface area contributed by atoms with Gasteiger partial charge in [0.2, 0.25) is 0 Å². The molecule has 0 amide bonds. The molecule has 0 saturated carbocycles. The molecule has 1 aromatic heterocycles. The standard InChI is InChI=1S/C14H12BrClN2O2/c1-20-14(19)9-5-6-10(17-7-9)8-18-12-4-2-3-11(16)13(12)15/h2-7,18H,8H2,1H3. The summed E-state index contributed by atoms with van der Waals surface area (Å²) in [6.07, 6.45) is 1.50. The predicted molar refractivity (Wildman–Crippen MR) is 82.1 cm³/mol. The average molecular weight is 356 g/mol. The van der Waals surface area contributed by atoms with E-state index in [1.807, 2.05) is 12.1 Å². The first-order valence-corrected chi connectivity index (χ1v) is 7.00. The van der Waals surface area contributed by atoms with Gasteiger partial charge in [-0.25, -0.2) is 4.79 Å². The quantitative estimate of drug-likeness (QED) is 0.845. The first kappa shape index (κ1) is 14.8. The molecule has 1 aromatic carbocycles. The summed E-state index contributed by atoms with van der Waals surface area (Å²) < 4.78 is 5.43. The molecule has 0 saturated heterocycles. The van der Waals surface area contributed by atoms with Gasteiger partial charge in [-0.3, -0.25) is 4.98 Å². The van der Waals surface area contributed by atoms with Crippen molar-refractivity contribution in [3.63, 3.8) is 0 Å². The first-order chi connectivity index (χ1) is 9.61. The lowest BCUT2D eigenvalue weighted by atomic mass is 10.2. The molecular weight excluding hydrogens is 344 g/mol. The Kier molecular flexibility index (Phi) is 4.98. The summed E-state index contributed by atoms with van der Waals surface area (Å²) in [5, 5.41) is 3.87. The number of hydrogen-bond acceptors (Lipinski definition) is 4. The smallest absolute Gasteiger partial charge is 0.339 e. The molecule has 6 heteroatoms. The number of methoxy groups -OCH3 is 1. The molecule has 20 heavy (non-hydrogen) atoms. The number of carbonyl (C=O) groups excluding carboxylic acids is 1. The number of benzene rings is 1. The minimum absolute atomic E-state index is 0.394. The number of anilines is 1. The molecule has 2 aromatic rings. The third-order valence-electron chi connectivity index (χ3n) is 2.66. The fraction of sp³-hybridized carbons (Fsp3) is 0.143. The topological polar surface area (TPSA) is 51.2 Å². The van der Waals surface area contributed by atoms with Gasteiger partial charge in [0.25, 0.3) is 0 Å². The lowest BCUT2D eigenvalue weighted by molar-refractivity contribution is 0.0600. The van der Waals surface area contributed by atoms with Crippen LogP contribution in [0.1, 0.15) is 16.1 Å². The second-order valence-corrected chi connectivity index (χ2v) is 5.18. The van der Waals surface area contributed by atoms with Gasteiger partial charge in [0.15, 0.2) is 0 Å². The van der Waals surface area contributed by atoms with Crippen LogP contribution in [0.3, 0.4) is 0 Å². The van der Waals surface area contributed by atoms with Crippen molar-refractivity contribution in [2.75, 3.05) is 12.4 Å². The first-order valence-electron chi connectivity index (χ1n) is 5.83. The largest absolute Gasteiger partial charge is 0.465 e. The Bertz CT molecular complexity index is 617. The Morgan fingerprint density at radius 1 is 1.40 bits per heavy atom. The molecule has 1 N–H and O–H groups in total. The lowest BCUT2D eigenvalue weighted by Gasteiger charge is -2.09. The molecule has 0 radical (unpaired) electrons. The van der Waals surface area contributed by atoms with Gasteiger partial charge in [-0.15, -0.1) is 0 Å². The molecule has 2 rings (SSSR count). The van der Waals surface area contributed by atoms with Gasteiger partial charge < -0.3 is 10.1 Å². The van der Waals surface area contributed by atoms with Crippen molar-refractivity contribution in [1.82, 2.24) is 4.98 Å². The fourth-order valence-electron chi connectivity index (χ4n) is 1.59. The number of nitrogens with one attached hydrogen (secondary N) is 1. The maximum Gasteiger partial charge on any atom is 0.339 e. The van der Waals surface area contributed by atoms with Crippen LogP contribution < -0.4 is 5.32 Å². The van der Waals surface area contributed by atoms with Crippen molar-refractivity contribution in [3.05, 3.63) is 57.3 Å². The summed E-state index contributed by atoms with van der Waals surface area (Å²) in [5.74, 6) is -0.394. The van der Waals surface area contributed by atoms with Crippen molar-refractivity contribution < 1.29 is 9.53 Å². The summed E-state index contributed by atoms with van der Waals surface area (Å²) >= 11 is 9.43. The van der Waals surface area contributed by atoms with E-state index in [-0.39, 0.29) is 0 Å². The highest BCUT2D eigenvalue weighted by molar-refractivity contribution is 9.10. The average Bonchev–Trinajstić information content (AvgIpc) is 2.48. The zero-order valence-electron chi connectivity index (χ0n) is 10.7. The molecule has 0 spiro atoms. The summed E-state index contributed by atoms with van der Waals surface area (Å²) in [7, 11) is 1.34. The monoisotopic (exact) mass is 354 g/mol. The number of halogens is 2. The summed E-state index contributed by atoms with van der Waals surface area (Å²) in [6.45, 7) is 0.528. The van der Waals surface area contributed by atoms with Crippen molar-refractivity contribution in [2.45, 2.75) is 6.54 Å². The van der Waals surface area contributed by atoms with Crippen LogP contribution in [0.4, 0.5) is 5.69 Å². The van der Waals surface area contributed by atoms with Crippen molar-refractivity contribution in [2.24, 2.45) is 0 Å². The Morgan fingerprint density at radius 3 is 2.85 bits per heavy atom. The van der Waals surface area contributed by atoms with Crippen LogP contribution in [0.25, 0.3) is 0 Å². The van der Waals surface area contributed by atoms with Gasteiger partial charge in [0.05, 0.1) is 40.1 Å². The molecule has 0 fully saturated rings.